The minimum absolute atomic E-state index is 0.0424. The second kappa shape index (κ2) is 9.77. The molecule has 1 aliphatic rings. The molecule has 0 aliphatic carbocycles. The first-order chi connectivity index (χ1) is 18.4. The van der Waals surface area contributed by atoms with Gasteiger partial charge in [-0.05, 0) is 55.0 Å². The van der Waals surface area contributed by atoms with Crippen LogP contribution in [0.25, 0.3) is 21.9 Å². The van der Waals surface area contributed by atoms with Crippen LogP contribution < -0.4 is 19.7 Å². The van der Waals surface area contributed by atoms with Gasteiger partial charge in [0.15, 0.2) is 5.82 Å². The van der Waals surface area contributed by atoms with Gasteiger partial charge in [0.05, 0.1) is 24.4 Å². The smallest absolute Gasteiger partial charge is 0.291 e. The molecule has 0 saturated carbocycles. The Morgan fingerprint density at radius 2 is 1.84 bits per heavy atom. The minimum Gasteiger partial charge on any atom is -0.494 e. The molecule has 1 aliphatic heterocycles. The van der Waals surface area contributed by atoms with Crippen LogP contribution in [-0.2, 0) is 11.3 Å². The topological polar surface area (TPSA) is 76.8 Å². The highest BCUT2D eigenvalue weighted by Gasteiger charge is 2.35. The molecule has 0 saturated heterocycles. The van der Waals surface area contributed by atoms with Gasteiger partial charge in [-0.25, -0.2) is 4.39 Å². The van der Waals surface area contributed by atoms with Crippen molar-refractivity contribution in [2.24, 2.45) is 0 Å². The van der Waals surface area contributed by atoms with Crippen molar-refractivity contribution in [1.82, 2.24) is 14.6 Å². The van der Waals surface area contributed by atoms with Crippen LogP contribution in [0.3, 0.4) is 0 Å². The van der Waals surface area contributed by atoms with E-state index in [2.05, 4.69) is 26.0 Å². The number of thiazole rings is 1. The first kappa shape index (κ1) is 24.4. The van der Waals surface area contributed by atoms with Crippen LogP contribution >= 0.6 is 27.3 Å². The van der Waals surface area contributed by atoms with Crippen molar-refractivity contribution >= 4 is 49.4 Å². The number of carbonyl (C=O) groups excluding carboxylic acids is 1. The summed E-state index contributed by atoms with van der Waals surface area (Å²) < 4.78 is 22.3. The number of carbonyl (C=O) groups is 1. The van der Waals surface area contributed by atoms with Crippen LogP contribution in [0.4, 0.5) is 10.1 Å². The predicted molar refractivity (Wildman–Crippen MR) is 148 cm³/mol. The third-order valence-electron chi connectivity index (χ3n) is 6.23. The highest BCUT2D eigenvalue weighted by atomic mass is 79.9. The number of nitrogens with zero attached hydrogens (tertiary/aromatic N) is 4. The van der Waals surface area contributed by atoms with Gasteiger partial charge in [0.25, 0.3) is 11.5 Å². The van der Waals surface area contributed by atoms with E-state index >= 15 is 0 Å². The number of amides is 1. The lowest BCUT2D eigenvalue weighted by Crippen LogP contribution is -2.32. The summed E-state index contributed by atoms with van der Waals surface area (Å²) in [5, 5.41) is 4.43. The Morgan fingerprint density at radius 3 is 2.58 bits per heavy atom. The lowest BCUT2D eigenvalue weighted by molar-refractivity contribution is -0.113. The summed E-state index contributed by atoms with van der Waals surface area (Å²) in [5.74, 6) is 0.400. The largest absolute Gasteiger partial charge is 0.494 e. The van der Waals surface area contributed by atoms with Crippen molar-refractivity contribution in [3.05, 3.63) is 103 Å². The second-order valence-electron chi connectivity index (χ2n) is 8.76. The number of halogens is 2. The van der Waals surface area contributed by atoms with Gasteiger partial charge < -0.3 is 9.64 Å². The zero-order chi connectivity index (χ0) is 26.4. The van der Waals surface area contributed by atoms with Gasteiger partial charge in [0.1, 0.15) is 16.1 Å². The van der Waals surface area contributed by atoms with Crippen LogP contribution in [0.15, 0.2) is 76.0 Å². The van der Waals surface area contributed by atoms with E-state index in [4.69, 9.17) is 4.74 Å². The van der Waals surface area contributed by atoms with E-state index in [1.54, 1.807) is 30.3 Å². The Labute approximate surface area is 228 Å². The number of hydrogen-bond donors (Lipinski definition) is 0. The van der Waals surface area contributed by atoms with Crippen molar-refractivity contribution in [2.75, 3.05) is 11.5 Å². The lowest BCUT2D eigenvalue weighted by atomic mass is 10.1. The quantitative estimate of drug-likeness (QED) is 0.279. The summed E-state index contributed by atoms with van der Waals surface area (Å²) in [6.07, 6.45) is 0.916. The summed E-state index contributed by atoms with van der Waals surface area (Å²) in [5.41, 5.74) is 2.19. The SMILES string of the molecule is CCCOc1ccc(-c2nc3sc(=C4C(=O)N(Cc5ccccc5F)c5ccc(Br)cc54)c(=O)n3n2)cc1. The Morgan fingerprint density at radius 1 is 1.05 bits per heavy atom. The Kier molecular flexibility index (Phi) is 6.29. The Bertz CT molecular complexity index is 1820. The van der Waals surface area contributed by atoms with Gasteiger partial charge in [-0.3, -0.25) is 9.59 Å². The molecule has 2 aromatic heterocycles. The molecule has 10 heteroatoms. The fourth-order valence-corrected chi connectivity index (χ4v) is 5.76. The molecular formula is C28H20BrFN4O3S. The van der Waals surface area contributed by atoms with Crippen molar-refractivity contribution in [2.45, 2.75) is 19.9 Å². The lowest BCUT2D eigenvalue weighted by Gasteiger charge is -2.17. The molecule has 190 valence electrons. The Hall–Kier alpha value is -3.89. The van der Waals surface area contributed by atoms with Gasteiger partial charge in [0.2, 0.25) is 4.96 Å². The highest BCUT2D eigenvalue weighted by Crippen LogP contribution is 2.38. The Balaban J connectivity index is 1.43. The molecule has 7 nitrogen and oxygen atoms in total. The monoisotopic (exact) mass is 590 g/mol. The normalized spacial score (nSPS) is 14.4. The first-order valence-electron chi connectivity index (χ1n) is 12.0. The third-order valence-corrected chi connectivity index (χ3v) is 7.76. The van der Waals surface area contributed by atoms with Crippen molar-refractivity contribution < 1.29 is 13.9 Å². The number of fused-ring (bicyclic) bond motifs is 2. The molecule has 0 unspecified atom stereocenters. The van der Waals surface area contributed by atoms with Crippen molar-refractivity contribution in [1.29, 1.82) is 0 Å². The van der Waals surface area contributed by atoms with E-state index < -0.39 is 11.4 Å². The summed E-state index contributed by atoms with van der Waals surface area (Å²) in [6, 6.07) is 19.1. The highest BCUT2D eigenvalue weighted by molar-refractivity contribution is 9.10. The molecule has 0 spiro atoms. The molecule has 0 N–H and O–H groups in total. The molecule has 1 amide bonds. The number of hydrogen-bond acceptors (Lipinski definition) is 6. The van der Waals surface area contributed by atoms with Gasteiger partial charge in [-0.15, -0.1) is 5.10 Å². The van der Waals surface area contributed by atoms with Crippen LogP contribution in [0.2, 0.25) is 0 Å². The van der Waals surface area contributed by atoms with Gasteiger partial charge in [-0.2, -0.15) is 9.50 Å². The summed E-state index contributed by atoms with van der Waals surface area (Å²) >= 11 is 4.58. The molecule has 3 heterocycles. The van der Waals surface area contributed by atoms with Gasteiger partial charge >= 0.3 is 0 Å². The molecular weight excluding hydrogens is 571 g/mol. The number of rotatable bonds is 6. The van der Waals surface area contributed by atoms with E-state index in [0.717, 1.165) is 33.5 Å². The van der Waals surface area contributed by atoms with E-state index in [9.17, 15) is 14.0 Å². The molecule has 0 fully saturated rings. The van der Waals surface area contributed by atoms with Crippen LogP contribution in [0.1, 0.15) is 24.5 Å². The zero-order valence-corrected chi connectivity index (χ0v) is 22.6. The average molecular weight is 591 g/mol. The molecule has 38 heavy (non-hydrogen) atoms. The van der Waals surface area contributed by atoms with Crippen molar-refractivity contribution in [3.63, 3.8) is 0 Å². The summed E-state index contributed by atoms with van der Waals surface area (Å²) in [4.78, 5) is 33.6. The van der Waals surface area contributed by atoms with Crippen LogP contribution in [-0.4, -0.2) is 27.1 Å². The predicted octanol–water partition coefficient (Wildman–Crippen LogP) is 4.97. The van der Waals surface area contributed by atoms with E-state index in [-0.39, 0.29) is 22.6 Å². The average Bonchev–Trinajstić information content (AvgIpc) is 3.55. The van der Waals surface area contributed by atoms with Crippen LogP contribution in [0.5, 0.6) is 5.75 Å². The number of aromatic nitrogens is 3. The maximum Gasteiger partial charge on any atom is 0.291 e. The third kappa shape index (κ3) is 4.19. The maximum atomic E-state index is 14.4. The first-order valence-corrected chi connectivity index (χ1v) is 13.6. The van der Waals surface area contributed by atoms with Crippen molar-refractivity contribution in [3.8, 4) is 17.1 Å². The maximum absolute atomic E-state index is 14.4. The summed E-state index contributed by atoms with van der Waals surface area (Å²) in [7, 11) is 0. The summed E-state index contributed by atoms with van der Waals surface area (Å²) in [6.45, 7) is 2.72. The second-order valence-corrected chi connectivity index (χ2v) is 10.7. The number of ether oxygens (including phenoxy) is 1. The minimum atomic E-state index is -0.423. The number of anilines is 1. The molecule has 0 atom stereocenters. The molecule has 0 bridgehead atoms. The molecule has 5 aromatic rings. The number of benzene rings is 3. The molecule has 6 rings (SSSR count). The molecule has 3 aromatic carbocycles. The van der Waals surface area contributed by atoms with Gasteiger partial charge in [0, 0.05) is 21.2 Å². The fourth-order valence-electron chi connectivity index (χ4n) is 4.40. The fraction of sp³-hybridized carbons (Fsp3) is 0.143. The standard InChI is InChI=1S/C28H20BrFN4O3S/c1-2-13-37-19-10-7-16(8-11-19)25-31-28-34(32-25)27(36)24(38-28)23-20-14-18(29)9-12-22(20)33(26(23)35)15-17-5-3-4-6-21(17)30/h3-12,14H,2,13,15H2,1H3. The molecule has 0 radical (unpaired) electrons. The van der Waals surface area contributed by atoms with E-state index in [0.29, 0.717) is 34.2 Å². The van der Waals surface area contributed by atoms with E-state index in [1.165, 1.54) is 15.5 Å². The van der Waals surface area contributed by atoms with E-state index in [1.807, 2.05) is 37.3 Å². The van der Waals surface area contributed by atoms with Crippen LogP contribution in [0, 0.1) is 5.82 Å². The van der Waals surface area contributed by atoms with Gasteiger partial charge in [-0.1, -0.05) is 52.4 Å². The zero-order valence-electron chi connectivity index (χ0n) is 20.1.